The first kappa shape index (κ1) is 22.0. The van der Waals surface area contributed by atoms with E-state index >= 15 is 0 Å². The summed E-state index contributed by atoms with van der Waals surface area (Å²) >= 11 is 0. The monoisotopic (exact) mass is 469 g/mol. The molecule has 0 bridgehead atoms. The summed E-state index contributed by atoms with van der Waals surface area (Å²) in [5.41, 5.74) is 4.18. The molecule has 1 N–H and O–H groups in total. The number of nitrogens with zero attached hydrogens (tertiary/aromatic N) is 3. The lowest BCUT2D eigenvalue weighted by Gasteiger charge is -2.50. The molecule has 2 heterocycles. The highest BCUT2D eigenvalue weighted by Crippen LogP contribution is 2.56. The Balaban J connectivity index is 1.60. The highest BCUT2D eigenvalue weighted by molar-refractivity contribution is 5.96. The van der Waals surface area contributed by atoms with Crippen molar-refractivity contribution in [2.45, 2.75) is 45.6 Å². The quantitative estimate of drug-likeness (QED) is 0.630. The van der Waals surface area contributed by atoms with E-state index in [4.69, 9.17) is 0 Å². The van der Waals surface area contributed by atoms with Gasteiger partial charge in [-0.3, -0.25) is 19.3 Å². The molecule has 0 saturated heterocycles. The second-order valence-electron chi connectivity index (χ2n) is 11.3. The fourth-order valence-electron chi connectivity index (χ4n) is 6.40. The van der Waals surface area contributed by atoms with Crippen LogP contribution in [0.1, 0.15) is 59.9 Å². The molecule has 6 nitrogen and oxygen atoms in total. The summed E-state index contributed by atoms with van der Waals surface area (Å²) in [7, 11) is 0. The Bertz CT molecular complexity index is 1350. The van der Waals surface area contributed by atoms with Crippen molar-refractivity contribution in [3.63, 3.8) is 0 Å². The molecule has 0 fully saturated rings. The van der Waals surface area contributed by atoms with E-state index in [2.05, 4.69) is 74.3 Å². The van der Waals surface area contributed by atoms with Crippen molar-refractivity contribution in [3.8, 4) is 5.75 Å². The van der Waals surface area contributed by atoms with Crippen molar-refractivity contribution in [3.05, 3.63) is 99.0 Å². The van der Waals surface area contributed by atoms with Gasteiger partial charge in [0.05, 0.1) is 0 Å². The van der Waals surface area contributed by atoms with Crippen LogP contribution in [0.15, 0.2) is 65.6 Å². The fraction of sp³-hybridized carbons (Fsp3) is 0.379. The Morgan fingerprint density at radius 1 is 0.943 bits per heavy atom. The minimum absolute atomic E-state index is 0.0433. The molecule has 0 atom stereocenters. The van der Waals surface area contributed by atoms with Gasteiger partial charge in [-0.05, 0) is 46.9 Å². The SMILES string of the molecule is CC(C)(C)CCN1CN(C23c4ccccc4CC2Cc2ccccc23)n2ccc(=O)c(O)c2C1=O. The normalized spacial score (nSPS) is 22.6. The molecule has 3 aromatic rings. The number of amides is 1. The minimum atomic E-state index is -0.532. The van der Waals surface area contributed by atoms with Gasteiger partial charge in [-0.25, -0.2) is 0 Å². The van der Waals surface area contributed by atoms with Crippen molar-refractivity contribution in [2.75, 3.05) is 18.2 Å². The Kier molecular flexibility index (Phi) is 4.69. The molecule has 2 aliphatic carbocycles. The number of benzene rings is 2. The number of aromatic hydroxyl groups is 1. The third-order valence-electron chi connectivity index (χ3n) is 8.03. The number of hydrogen-bond acceptors (Lipinski definition) is 4. The minimum Gasteiger partial charge on any atom is -0.502 e. The van der Waals surface area contributed by atoms with Gasteiger partial charge >= 0.3 is 0 Å². The van der Waals surface area contributed by atoms with Crippen molar-refractivity contribution in [1.29, 1.82) is 0 Å². The molecule has 1 aromatic heterocycles. The third-order valence-corrected chi connectivity index (χ3v) is 8.03. The van der Waals surface area contributed by atoms with E-state index in [1.807, 2.05) is 0 Å². The van der Waals surface area contributed by atoms with E-state index in [0.717, 1.165) is 19.3 Å². The number of hydrogen-bond donors (Lipinski definition) is 1. The van der Waals surface area contributed by atoms with Crippen molar-refractivity contribution >= 4 is 5.91 Å². The van der Waals surface area contributed by atoms with Gasteiger partial charge in [0.15, 0.2) is 11.4 Å². The zero-order valence-electron chi connectivity index (χ0n) is 20.5. The van der Waals surface area contributed by atoms with Crippen LogP contribution in [0.25, 0.3) is 0 Å². The van der Waals surface area contributed by atoms with Crippen LogP contribution >= 0.6 is 0 Å². The smallest absolute Gasteiger partial charge is 0.277 e. The Morgan fingerprint density at radius 3 is 2.14 bits per heavy atom. The van der Waals surface area contributed by atoms with E-state index in [-0.39, 0.29) is 22.9 Å². The highest BCUT2D eigenvalue weighted by atomic mass is 16.3. The average Bonchev–Trinajstić information content (AvgIpc) is 3.31. The Labute approximate surface area is 205 Å². The zero-order chi connectivity index (χ0) is 24.5. The molecule has 0 unspecified atom stereocenters. The maximum absolute atomic E-state index is 13.6. The van der Waals surface area contributed by atoms with E-state index < -0.39 is 16.7 Å². The van der Waals surface area contributed by atoms with E-state index in [1.165, 1.54) is 28.3 Å². The molecule has 0 radical (unpaired) electrons. The predicted molar refractivity (Wildman–Crippen MR) is 135 cm³/mol. The van der Waals surface area contributed by atoms with Gasteiger partial charge < -0.3 is 10.0 Å². The highest BCUT2D eigenvalue weighted by Gasteiger charge is 2.58. The Morgan fingerprint density at radius 2 is 1.54 bits per heavy atom. The number of carbonyl (C=O) groups excluding carboxylic acids is 1. The largest absolute Gasteiger partial charge is 0.502 e. The van der Waals surface area contributed by atoms with Crippen molar-refractivity contribution in [2.24, 2.45) is 11.3 Å². The number of rotatable bonds is 3. The lowest BCUT2D eigenvalue weighted by Crippen LogP contribution is -2.63. The van der Waals surface area contributed by atoms with Gasteiger partial charge in [0, 0.05) is 24.7 Å². The molecule has 3 aliphatic rings. The van der Waals surface area contributed by atoms with E-state index in [9.17, 15) is 14.7 Å². The molecule has 180 valence electrons. The molecular weight excluding hydrogens is 438 g/mol. The average molecular weight is 470 g/mol. The second-order valence-corrected chi connectivity index (χ2v) is 11.3. The van der Waals surface area contributed by atoms with Crippen molar-refractivity contribution in [1.82, 2.24) is 9.58 Å². The molecule has 6 heteroatoms. The molecule has 0 spiro atoms. The van der Waals surface area contributed by atoms with E-state index in [1.54, 1.807) is 15.8 Å². The van der Waals surface area contributed by atoms with Gasteiger partial charge in [-0.1, -0.05) is 69.3 Å². The number of pyridine rings is 1. The standard InChI is InChI=1S/C29H31N3O3/c1-28(2,3)13-15-30-18-32(31-14-12-24(33)26(34)25(31)27(30)35)29-21(16-19-8-4-6-10-22(19)29)17-20-9-5-7-11-23(20)29/h4-12,14,21,34H,13,15-18H2,1-3H3. The summed E-state index contributed by atoms with van der Waals surface area (Å²) in [5.74, 6) is -0.496. The lowest BCUT2D eigenvalue weighted by atomic mass is 9.81. The van der Waals surface area contributed by atoms with Crippen LogP contribution in [0.3, 0.4) is 0 Å². The molecule has 1 aliphatic heterocycles. The van der Waals surface area contributed by atoms with Crippen LogP contribution < -0.4 is 10.4 Å². The summed E-state index contributed by atoms with van der Waals surface area (Å²) in [6, 6.07) is 18.5. The molecule has 1 amide bonds. The third kappa shape index (κ3) is 3.08. The van der Waals surface area contributed by atoms with Gasteiger partial charge in [0.25, 0.3) is 5.91 Å². The van der Waals surface area contributed by atoms with Crippen LogP contribution in [0.5, 0.6) is 5.75 Å². The van der Waals surface area contributed by atoms with Crippen LogP contribution in [-0.2, 0) is 18.4 Å². The molecule has 0 saturated carbocycles. The summed E-state index contributed by atoms with van der Waals surface area (Å²) in [6.07, 6.45) is 4.36. The fourth-order valence-corrected chi connectivity index (χ4v) is 6.40. The summed E-state index contributed by atoms with van der Waals surface area (Å²) in [5, 5.41) is 13.1. The zero-order valence-corrected chi connectivity index (χ0v) is 20.5. The molecular formula is C29H31N3O3. The van der Waals surface area contributed by atoms with Crippen LogP contribution in [0.2, 0.25) is 0 Å². The van der Waals surface area contributed by atoms with E-state index in [0.29, 0.717) is 13.2 Å². The maximum Gasteiger partial charge on any atom is 0.277 e. The molecule has 35 heavy (non-hydrogen) atoms. The topological polar surface area (TPSA) is 65.8 Å². The first-order valence-electron chi connectivity index (χ1n) is 12.4. The van der Waals surface area contributed by atoms with Crippen molar-refractivity contribution < 1.29 is 9.90 Å². The van der Waals surface area contributed by atoms with Gasteiger partial charge in [0.1, 0.15) is 12.2 Å². The van der Waals surface area contributed by atoms with Crippen LogP contribution in [-0.4, -0.2) is 33.8 Å². The summed E-state index contributed by atoms with van der Waals surface area (Å²) in [6.45, 7) is 7.40. The summed E-state index contributed by atoms with van der Waals surface area (Å²) < 4.78 is 1.75. The van der Waals surface area contributed by atoms with Crippen LogP contribution in [0.4, 0.5) is 0 Å². The number of carbonyl (C=O) groups is 1. The van der Waals surface area contributed by atoms with Crippen LogP contribution in [0, 0.1) is 11.3 Å². The van der Waals surface area contributed by atoms with Gasteiger partial charge in [-0.15, -0.1) is 0 Å². The first-order valence-corrected chi connectivity index (χ1v) is 12.4. The number of aromatic nitrogens is 1. The number of fused-ring (bicyclic) bond motifs is 6. The Hall–Kier alpha value is -3.54. The molecule has 2 aromatic carbocycles. The lowest BCUT2D eigenvalue weighted by molar-refractivity contribution is 0.0625. The maximum atomic E-state index is 13.6. The van der Waals surface area contributed by atoms with Gasteiger partial charge in [-0.2, -0.15) is 0 Å². The summed E-state index contributed by atoms with van der Waals surface area (Å²) in [4.78, 5) is 27.9. The first-order chi connectivity index (χ1) is 16.7. The molecule has 6 rings (SSSR count). The second kappa shape index (κ2) is 7.48. The van der Waals surface area contributed by atoms with Gasteiger partial charge in [0.2, 0.25) is 5.43 Å². The predicted octanol–water partition coefficient (Wildman–Crippen LogP) is 4.01.